The van der Waals surface area contributed by atoms with Gasteiger partial charge in [0.15, 0.2) is 5.16 Å². The third kappa shape index (κ3) is 4.19. The Labute approximate surface area is 158 Å². The van der Waals surface area contributed by atoms with Crippen molar-refractivity contribution in [3.63, 3.8) is 0 Å². The number of para-hydroxylation sites is 1. The lowest BCUT2D eigenvalue weighted by molar-refractivity contribution is -0.116. The molecule has 1 aliphatic heterocycles. The van der Waals surface area contributed by atoms with E-state index in [1.807, 2.05) is 60.7 Å². The second kappa shape index (κ2) is 8.55. The van der Waals surface area contributed by atoms with Crippen LogP contribution in [0.1, 0.15) is 13.8 Å². The number of aromatic nitrogens is 3. The Balaban J connectivity index is 1.66. The van der Waals surface area contributed by atoms with Crippen LogP contribution in [0.5, 0.6) is 0 Å². The number of carbonyl (C=O) groups excluding carboxylic acids is 1. The molecule has 0 unspecified atom stereocenters. The van der Waals surface area contributed by atoms with Crippen LogP contribution in [-0.4, -0.2) is 58.8 Å². The van der Waals surface area contributed by atoms with E-state index in [0.717, 1.165) is 29.9 Å². The van der Waals surface area contributed by atoms with Crippen molar-refractivity contribution in [1.82, 2.24) is 14.8 Å². The standard InChI is InChI=1S/C18H25N5O2S/c1-14(2)23(15-7-5-4-6-8-15)16(24)13-26-18-20-19-17(21(18)3)22-9-11-25-12-10-22/h4-8,14H,9-13H2,1-3H3. The molecule has 1 saturated heterocycles. The number of hydrogen-bond donors (Lipinski definition) is 0. The van der Waals surface area contributed by atoms with Crippen molar-refractivity contribution in [3.05, 3.63) is 30.3 Å². The van der Waals surface area contributed by atoms with Gasteiger partial charge in [-0.15, -0.1) is 10.2 Å². The molecule has 0 bridgehead atoms. The van der Waals surface area contributed by atoms with E-state index in [1.54, 1.807) is 0 Å². The first-order valence-corrected chi connectivity index (χ1v) is 9.78. The predicted molar refractivity (Wildman–Crippen MR) is 104 cm³/mol. The molecule has 2 heterocycles. The van der Waals surface area contributed by atoms with Crippen LogP contribution in [0.2, 0.25) is 0 Å². The van der Waals surface area contributed by atoms with E-state index < -0.39 is 0 Å². The zero-order valence-electron chi connectivity index (χ0n) is 15.5. The van der Waals surface area contributed by atoms with E-state index in [4.69, 9.17) is 4.74 Å². The van der Waals surface area contributed by atoms with Crippen molar-refractivity contribution in [2.24, 2.45) is 7.05 Å². The van der Waals surface area contributed by atoms with E-state index in [0.29, 0.717) is 19.0 Å². The molecule has 1 amide bonds. The number of hydrogen-bond acceptors (Lipinski definition) is 6. The fourth-order valence-electron chi connectivity index (χ4n) is 2.99. The molecule has 0 N–H and O–H groups in total. The topological polar surface area (TPSA) is 63.5 Å². The summed E-state index contributed by atoms with van der Waals surface area (Å²) in [6.07, 6.45) is 0. The Bertz CT molecular complexity index is 728. The van der Waals surface area contributed by atoms with Crippen LogP contribution in [0, 0.1) is 0 Å². The van der Waals surface area contributed by atoms with E-state index in [-0.39, 0.29) is 11.9 Å². The number of anilines is 2. The van der Waals surface area contributed by atoms with E-state index in [9.17, 15) is 4.79 Å². The van der Waals surface area contributed by atoms with Crippen LogP contribution in [0.3, 0.4) is 0 Å². The first-order valence-electron chi connectivity index (χ1n) is 8.80. The highest BCUT2D eigenvalue weighted by Crippen LogP contribution is 2.23. The molecule has 26 heavy (non-hydrogen) atoms. The number of nitrogens with zero attached hydrogens (tertiary/aromatic N) is 5. The molecule has 7 nitrogen and oxygen atoms in total. The van der Waals surface area contributed by atoms with Crippen LogP contribution in [-0.2, 0) is 16.6 Å². The molecule has 0 atom stereocenters. The maximum Gasteiger partial charge on any atom is 0.237 e. The summed E-state index contributed by atoms with van der Waals surface area (Å²) in [6, 6.07) is 9.86. The van der Waals surface area contributed by atoms with Gasteiger partial charge in [0.1, 0.15) is 0 Å². The van der Waals surface area contributed by atoms with Crippen molar-refractivity contribution in [1.29, 1.82) is 0 Å². The lowest BCUT2D eigenvalue weighted by atomic mass is 10.2. The molecular formula is C18H25N5O2S. The maximum atomic E-state index is 12.8. The van der Waals surface area contributed by atoms with Gasteiger partial charge in [0.25, 0.3) is 0 Å². The summed E-state index contributed by atoms with van der Waals surface area (Å²) in [4.78, 5) is 16.8. The molecule has 1 fully saturated rings. The largest absolute Gasteiger partial charge is 0.378 e. The quantitative estimate of drug-likeness (QED) is 0.721. The highest BCUT2D eigenvalue weighted by molar-refractivity contribution is 7.99. The molecule has 0 aliphatic carbocycles. The summed E-state index contributed by atoms with van der Waals surface area (Å²) in [7, 11) is 1.94. The van der Waals surface area contributed by atoms with Crippen molar-refractivity contribution in [3.8, 4) is 0 Å². The minimum Gasteiger partial charge on any atom is -0.378 e. The summed E-state index contributed by atoms with van der Waals surface area (Å²) in [5, 5.41) is 9.30. The fourth-order valence-corrected chi connectivity index (χ4v) is 3.75. The number of rotatable bonds is 6. The van der Waals surface area contributed by atoms with Gasteiger partial charge >= 0.3 is 0 Å². The Hall–Kier alpha value is -2.06. The number of carbonyl (C=O) groups is 1. The van der Waals surface area contributed by atoms with Gasteiger partial charge in [0, 0.05) is 31.9 Å². The second-order valence-corrected chi connectivity index (χ2v) is 7.37. The summed E-state index contributed by atoms with van der Waals surface area (Å²) < 4.78 is 7.33. The van der Waals surface area contributed by atoms with Crippen LogP contribution in [0.4, 0.5) is 11.6 Å². The molecule has 1 aliphatic rings. The Kier molecular flexibility index (Phi) is 6.16. The van der Waals surface area contributed by atoms with Gasteiger partial charge in [-0.25, -0.2) is 0 Å². The van der Waals surface area contributed by atoms with Gasteiger partial charge in [-0.05, 0) is 26.0 Å². The van der Waals surface area contributed by atoms with E-state index in [1.165, 1.54) is 11.8 Å². The van der Waals surface area contributed by atoms with Gasteiger partial charge < -0.3 is 14.5 Å². The molecule has 0 radical (unpaired) electrons. The fraction of sp³-hybridized carbons (Fsp3) is 0.500. The average Bonchev–Trinajstić information content (AvgIpc) is 3.02. The normalized spacial score (nSPS) is 14.7. The van der Waals surface area contributed by atoms with Crippen LogP contribution in [0.25, 0.3) is 0 Å². The second-order valence-electron chi connectivity index (χ2n) is 6.42. The van der Waals surface area contributed by atoms with Crippen LogP contribution < -0.4 is 9.80 Å². The third-order valence-electron chi connectivity index (χ3n) is 4.25. The minimum absolute atomic E-state index is 0.0622. The smallest absolute Gasteiger partial charge is 0.237 e. The summed E-state index contributed by atoms with van der Waals surface area (Å²) >= 11 is 1.42. The highest BCUT2D eigenvalue weighted by Gasteiger charge is 2.22. The van der Waals surface area contributed by atoms with Crippen molar-refractivity contribution in [2.75, 3.05) is 41.9 Å². The molecule has 1 aromatic carbocycles. The van der Waals surface area contributed by atoms with Gasteiger partial charge in [-0.3, -0.25) is 9.36 Å². The SMILES string of the molecule is CC(C)N(C(=O)CSc1nnc(N2CCOCC2)n1C)c1ccccc1. The lowest BCUT2D eigenvalue weighted by Crippen LogP contribution is -2.38. The highest BCUT2D eigenvalue weighted by atomic mass is 32.2. The summed E-state index contributed by atoms with van der Waals surface area (Å²) in [5.74, 6) is 1.21. The molecule has 2 aromatic rings. The summed E-state index contributed by atoms with van der Waals surface area (Å²) in [6.45, 7) is 7.07. The molecular weight excluding hydrogens is 350 g/mol. The monoisotopic (exact) mass is 375 g/mol. The number of thioether (sulfide) groups is 1. The van der Waals surface area contributed by atoms with E-state index >= 15 is 0 Å². The first kappa shape index (κ1) is 18.7. The predicted octanol–water partition coefficient (Wildman–Crippen LogP) is 2.19. The van der Waals surface area contributed by atoms with Crippen molar-refractivity contribution < 1.29 is 9.53 Å². The molecule has 3 rings (SSSR count). The lowest BCUT2D eigenvalue weighted by Gasteiger charge is -2.27. The zero-order valence-corrected chi connectivity index (χ0v) is 16.3. The summed E-state index contributed by atoms with van der Waals surface area (Å²) in [5.41, 5.74) is 0.917. The minimum atomic E-state index is 0.0622. The molecule has 1 aromatic heterocycles. The molecule has 0 spiro atoms. The molecule has 0 saturated carbocycles. The van der Waals surface area contributed by atoms with Gasteiger partial charge in [-0.2, -0.15) is 0 Å². The van der Waals surface area contributed by atoms with Gasteiger partial charge in [0.2, 0.25) is 11.9 Å². The maximum absolute atomic E-state index is 12.8. The zero-order chi connectivity index (χ0) is 18.5. The molecule has 140 valence electrons. The molecule has 8 heteroatoms. The average molecular weight is 375 g/mol. The van der Waals surface area contributed by atoms with Crippen LogP contribution >= 0.6 is 11.8 Å². The first-order chi connectivity index (χ1) is 12.6. The van der Waals surface area contributed by atoms with Crippen molar-refractivity contribution in [2.45, 2.75) is 25.0 Å². The number of ether oxygens (including phenoxy) is 1. The van der Waals surface area contributed by atoms with Gasteiger partial charge in [0.05, 0.1) is 19.0 Å². The third-order valence-corrected chi connectivity index (χ3v) is 5.26. The number of morpholine rings is 1. The Morgan fingerprint density at radius 3 is 2.58 bits per heavy atom. The Morgan fingerprint density at radius 2 is 1.92 bits per heavy atom. The van der Waals surface area contributed by atoms with Crippen LogP contribution in [0.15, 0.2) is 35.5 Å². The number of amides is 1. The van der Waals surface area contributed by atoms with Crippen molar-refractivity contribution >= 4 is 29.3 Å². The van der Waals surface area contributed by atoms with Gasteiger partial charge in [-0.1, -0.05) is 30.0 Å². The van der Waals surface area contributed by atoms with E-state index in [2.05, 4.69) is 15.1 Å². The Morgan fingerprint density at radius 1 is 1.23 bits per heavy atom. The number of benzene rings is 1.